The second-order valence-electron chi connectivity index (χ2n) is 12.0. The highest BCUT2D eigenvalue weighted by molar-refractivity contribution is 6.60. The first-order chi connectivity index (χ1) is 24.4. The molecule has 0 radical (unpaired) electrons. The molecule has 1 aliphatic heterocycles. The van der Waals surface area contributed by atoms with E-state index in [0.717, 1.165) is 19.3 Å². The average Bonchev–Trinajstić information content (AvgIpc) is 3.59. The van der Waals surface area contributed by atoms with Crippen molar-refractivity contribution in [3.63, 3.8) is 0 Å². The number of aromatic carboxylic acids is 1. The predicted molar refractivity (Wildman–Crippen MR) is 188 cm³/mol. The van der Waals surface area contributed by atoms with Gasteiger partial charge in [-0.3, -0.25) is 13.9 Å². The van der Waals surface area contributed by atoms with Gasteiger partial charge in [-0.15, -0.1) is 0 Å². The first-order valence-corrected chi connectivity index (χ1v) is 16.4. The number of hydrogen-bond donors (Lipinski definition) is 4. The smallest absolute Gasteiger partial charge is 0.532 e. The molecule has 0 aliphatic carbocycles. The molecule has 1 unspecified atom stereocenters. The monoisotopic (exact) mass is 674 g/mol. The fourth-order valence-corrected chi connectivity index (χ4v) is 6.28. The topological polar surface area (TPSA) is 193 Å². The minimum absolute atomic E-state index is 0.0869. The zero-order valence-electron chi connectivity index (χ0n) is 27.3. The molecule has 2 atom stereocenters. The second-order valence-corrected chi connectivity index (χ2v) is 12.0. The van der Waals surface area contributed by atoms with Crippen molar-refractivity contribution in [3.8, 4) is 11.4 Å². The van der Waals surface area contributed by atoms with Gasteiger partial charge in [0.05, 0.1) is 34.5 Å². The molecule has 1 fully saturated rings. The van der Waals surface area contributed by atoms with Crippen molar-refractivity contribution in [3.05, 3.63) is 107 Å². The van der Waals surface area contributed by atoms with Crippen LogP contribution in [0.2, 0.25) is 0 Å². The second kappa shape index (κ2) is 14.1. The zero-order chi connectivity index (χ0) is 34.8. The molecule has 0 saturated carbocycles. The number of ether oxygens (including phenoxy) is 1. The lowest BCUT2D eigenvalue weighted by atomic mass is 9.79. The molecular formula is C35H35BN8O6. The van der Waals surface area contributed by atoms with Gasteiger partial charge >= 0.3 is 13.1 Å². The summed E-state index contributed by atoms with van der Waals surface area (Å²) >= 11 is 0. The Labute approximate surface area is 286 Å². The van der Waals surface area contributed by atoms with E-state index in [0.29, 0.717) is 63.5 Å². The first-order valence-electron chi connectivity index (χ1n) is 16.4. The lowest BCUT2D eigenvalue weighted by Gasteiger charge is -2.24. The molecule has 3 aromatic carbocycles. The number of rotatable bonds is 11. The number of nitrogens with one attached hydrogen (secondary N) is 1. The summed E-state index contributed by atoms with van der Waals surface area (Å²) < 4.78 is 15.3. The Morgan fingerprint density at radius 3 is 2.68 bits per heavy atom. The van der Waals surface area contributed by atoms with Crippen LogP contribution in [0.25, 0.3) is 27.8 Å². The van der Waals surface area contributed by atoms with Crippen LogP contribution in [0.15, 0.2) is 84.2 Å². The molecule has 0 bridgehead atoms. The quantitative estimate of drug-likeness (QED) is 0.146. The van der Waals surface area contributed by atoms with Crippen LogP contribution in [0.3, 0.4) is 0 Å². The van der Waals surface area contributed by atoms with Gasteiger partial charge in [-0.2, -0.15) is 0 Å². The number of nitrogens with two attached hydrogens (primary N) is 1. The van der Waals surface area contributed by atoms with Gasteiger partial charge in [0, 0.05) is 19.2 Å². The van der Waals surface area contributed by atoms with Crippen LogP contribution in [0, 0.1) is 0 Å². The van der Waals surface area contributed by atoms with E-state index in [9.17, 15) is 19.7 Å². The molecule has 5 N–H and O–H groups in total. The van der Waals surface area contributed by atoms with Crippen molar-refractivity contribution in [1.29, 1.82) is 0 Å². The van der Waals surface area contributed by atoms with Crippen LogP contribution in [-0.2, 0) is 11.3 Å². The summed E-state index contributed by atoms with van der Waals surface area (Å²) in [4.78, 5) is 44.5. The standard InChI is InChI=1S/C35H35BN8O6/c1-2-26(41-31-30-33(39-19-38-31)43(20-40-30)28-11-3-4-16-49-28)32-42-27-10-5-7-22(18-37)29(27)34(45)44(32)24-8-6-9-25(17-24)50-36(48)23-14-12-21(13-15-23)35(46)47/h5-10,12-15,17,19-20,26,28,48H,2-4,11,16,18,37H2,1H3,(H,46,47)(H,38,39,41)/t26-,28?/m0/s1. The van der Waals surface area contributed by atoms with E-state index in [2.05, 4.69) is 20.3 Å². The summed E-state index contributed by atoms with van der Waals surface area (Å²) in [6.07, 6.45) is 6.52. The summed E-state index contributed by atoms with van der Waals surface area (Å²) in [7, 11) is -1.40. The van der Waals surface area contributed by atoms with Crippen LogP contribution in [0.1, 0.15) is 66.6 Å². The fraction of sp³-hybridized carbons (Fsp3) is 0.257. The number of carboxylic acids is 1. The van der Waals surface area contributed by atoms with E-state index in [1.807, 2.05) is 17.6 Å². The third kappa shape index (κ3) is 6.29. The molecule has 4 heterocycles. The van der Waals surface area contributed by atoms with E-state index < -0.39 is 19.1 Å². The zero-order valence-corrected chi connectivity index (χ0v) is 27.3. The predicted octanol–water partition coefficient (Wildman–Crippen LogP) is 3.71. The third-order valence-corrected chi connectivity index (χ3v) is 8.85. The van der Waals surface area contributed by atoms with Gasteiger partial charge in [0.15, 0.2) is 17.0 Å². The highest BCUT2D eigenvalue weighted by atomic mass is 16.5. The number of aromatic nitrogens is 6. The maximum absolute atomic E-state index is 14.5. The summed E-state index contributed by atoms with van der Waals surface area (Å²) in [6, 6.07) is 17.4. The van der Waals surface area contributed by atoms with Gasteiger partial charge in [0.25, 0.3) is 5.56 Å². The maximum Gasteiger partial charge on any atom is 0.560 e. The van der Waals surface area contributed by atoms with Gasteiger partial charge in [-0.25, -0.2) is 24.7 Å². The largest absolute Gasteiger partial charge is 0.560 e. The van der Waals surface area contributed by atoms with Crippen molar-refractivity contribution in [2.45, 2.75) is 51.4 Å². The molecule has 15 heteroatoms. The third-order valence-electron chi connectivity index (χ3n) is 8.85. The Balaban J connectivity index is 1.29. The maximum atomic E-state index is 14.5. The molecule has 0 amide bonds. The number of carboxylic acid groups (broad SMARTS) is 1. The number of anilines is 1. The number of hydrogen-bond acceptors (Lipinski definition) is 11. The Morgan fingerprint density at radius 1 is 1.12 bits per heavy atom. The Bertz CT molecular complexity index is 2240. The number of nitrogens with zero attached hydrogens (tertiary/aromatic N) is 6. The van der Waals surface area contributed by atoms with Crippen LogP contribution >= 0.6 is 0 Å². The van der Waals surface area contributed by atoms with E-state index in [-0.39, 0.29) is 29.6 Å². The van der Waals surface area contributed by atoms with E-state index in [1.54, 1.807) is 42.7 Å². The molecule has 7 rings (SSSR count). The highest BCUT2D eigenvalue weighted by Crippen LogP contribution is 2.31. The SMILES string of the molecule is CC[C@H](Nc1ncnc2c1ncn2C1CCCCO1)c1nc2cccc(CN)c2c(=O)n1-c1cccc(OB(O)c2ccc(C(=O)O)cc2)c1. The van der Waals surface area contributed by atoms with Crippen molar-refractivity contribution in [2.75, 3.05) is 11.9 Å². The van der Waals surface area contributed by atoms with Gasteiger partial charge in [-0.1, -0.05) is 37.3 Å². The minimum Gasteiger partial charge on any atom is -0.532 e. The number of imidazole rings is 1. The molecule has 50 heavy (non-hydrogen) atoms. The summed E-state index contributed by atoms with van der Waals surface area (Å²) in [5, 5.41) is 23.9. The van der Waals surface area contributed by atoms with Crippen molar-refractivity contribution >= 4 is 46.4 Å². The van der Waals surface area contributed by atoms with Gasteiger partial charge < -0.3 is 30.6 Å². The van der Waals surface area contributed by atoms with Crippen LogP contribution in [0.5, 0.6) is 5.75 Å². The molecule has 1 aliphatic rings. The Morgan fingerprint density at radius 2 is 1.94 bits per heavy atom. The Kier molecular flexibility index (Phi) is 9.26. The molecule has 254 valence electrons. The molecule has 1 saturated heterocycles. The van der Waals surface area contributed by atoms with Crippen LogP contribution < -0.4 is 26.7 Å². The molecule has 3 aromatic heterocycles. The van der Waals surface area contributed by atoms with Gasteiger partial charge in [0.2, 0.25) is 0 Å². The number of benzene rings is 3. The molecule has 6 aromatic rings. The lowest BCUT2D eigenvalue weighted by molar-refractivity contribution is -0.0298. The highest BCUT2D eigenvalue weighted by Gasteiger charge is 2.26. The minimum atomic E-state index is -1.40. The van der Waals surface area contributed by atoms with Crippen molar-refractivity contribution < 1.29 is 24.3 Å². The molecule has 14 nitrogen and oxygen atoms in total. The summed E-state index contributed by atoms with van der Waals surface area (Å²) in [5.74, 6) is 0.108. The van der Waals surface area contributed by atoms with Gasteiger partial charge in [0.1, 0.15) is 24.1 Å². The first kappa shape index (κ1) is 32.9. The Hall–Kier alpha value is -5.64. The van der Waals surface area contributed by atoms with Crippen LogP contribution in [-0.4, -0.2) is 58.9 Å². The normalized spacial score (nSPS) is 15.2. The average molecular weight is 675 g/mol. The van der Waals surface area contributed by atoms with Gasteiger partial charge in [-0.05, 0) is 67.0 Å². The lowest BCUT2D eigenvalue weighted by Crippen LogP contribution is -2.36. The van der Waals surface area contributed by atoms with Crippen molar-refractivity contribution in [2.24, 2.45) is 5.73 Å². The van der Waals surface area contributed by atoms with E-state index >= 15 is 0 Å². The van der Waals surface area contributed by atoms with E-state index in [4.69, 9.17) is 20.1 Å². The molecular weight excluding hydrogens is 639 g/mol. The number of carbonyl (C=O) groups is 1. The van der Waals surface area contributed by atoms with E-state index in [1.165, 1.54) is 35.2 Å². The number of fused-ring (bicyclic) bond motifs is 2. The fourth-order valence-electron chi connectivity index (χ4n) is 6.28. The molecule has 0 spiro atoms. The van der Waals surface area contributed by atoms with Crippen molar-refractivity contribution in [1.82, 2.24) is 29.1 Å². The summed E-state index contributed by atoms with van der Waals surface area (Å²) in [5.41, 5.74) is 9.02. The van der Waals surface area contributed by atoms with Crippen LogP contribution in [0.4, 0.5) is 5.82 Å². The summed E-state index contributed by atoms with van der Waals surface area (Å²) in [6.45, 7) is 2.80.